The van der Waals surface area contributed by atoms with Gasteiger partial charge in [0.05, 0.1) is 12.5 Å². The number of nitrogens with two attached hydrogens (primary N) is 1. The van der Waals surface area contributed by atoms with Gasteiger partial charge in [-0.25, -0.2) is 0 Å². The van der Waals surface area contributed by atoms with Gasteiger partial charge in [-0.3, -0.25) is 0 Å². The summed E-state index contributed by atoms with van der Waals surface area (Å²) in [6.45, 7) is 0. The number of aromatic nitrogens is 2. The van der Waals surface area contributed by atoms with Crippen molar-refractivity contribution in [3.63, 3.8) is 0 Å². The third-order valence-corrected chi connectivity index (χ3v) is 5.08. The molecule has 0 amide bonds. The Bertz CT molecular complexity index is 911. The number of nitrogen functional groups attached to an aromatic ring is 1. The number of hydrogen-bond acceptors (Lipinski definition) is 5. The van der Waals surface area contributed by atoms with E-state index in [2.05, 4.69) is 10.1 Å². The Morgan fingerprint density at radius 3 is 2.32 bits per heavy atom. The maximum absolute atomic E-state index is 6.40. The molecule has 1 saturated carbocycles. The Morgan fingerprint density at radius 2 is 1.76 bits per heavy atom. The molecule has 0 bridgehead atoms. The Hall–Kier alpha value is -2.24. The molecule has 0 spiro atoms. The molecule has 2 aromatic carbocycles. The van der Waals surface area contributed by atoms with Gasteiger partial charge < -0.3 is 15.0 Å². The largest absolute Gasteiger partial charge is 0.497 e. The third kappa shape index (κ3) is 2.73. The highest BCUT2D eigenvalue weighted by atomic mass is 35.5. The first-order chi connectivity index (χ1) is 12.0. The molecule has 1 aliphatic carbocycles. The van der Waals surface area contributed by atoms with E-state index in [-0.39, 0.29) is 0 Å². The van der Waals surface area contributed by atoms with E-state index in [1.165, 1.54) is 0 Å². The van der Waals surface area contributed by atoms with E-state index in [0.29, 0.717) is 27.4 Å². The highest BCUT2D eigenvalue weighted by Crippen LogP contribution is 2.56. The molecule has 3 aromatic rings. The molecular weight excluding hydrogens is 361 g/mol. The molecule has 0 aliphatic heterocycles. The summed E-state index contributed by atoms with van der Waals surface area (Å²) in [5.74, 6) is 1.81. The molecule has 1 aliphatic rings. The van der Waals surface area contributed by atoms with Crippen LogP contribution in [-0.4, -0.2) is 17.3 Å². The topological polar surface area (TPSA) is 74.2 Å². The zero-order valence-corrected chi connectivity index (χ0v) is 14.9. The molecule has 25 heavy (non-hydrogen) atoms. The first-order valence-electron chi connectivity index (χ1n) is 7.77. The normalized spacial score (nSPS) is 15.2. The van der Waals surface area contributed by atoms with Crippen LogP contribution in [0.15, 0.2) is 40.9 Å². The van der Waals surface area contributed by atoms with Crippen LogP contribution in [0.5, 0.6) is 5.75 Å². The fraction of sp³-hybridized carbons (Fsp3) is 0.222. The predicted octanol–water partition coefficient (Wildman–Crippen LogP) is 4.71. The van der Waals surface area contributed by atoms with Gasteiger partial charge in [-0.1, -0.05) is 28.4 Å². The van der Waals surface area contributed by atoms with Gasteiger partial charge in [0.2, 0.25) is 0 Å². The summed E-state index contributed by atoms with van der Waals surface area (Å²) < 4.78 is 10.6. The van der Waals surface area contributed by atoms with E-state index in [9.17, 15) is 0 Å². The molecule has 128 valence electrons. The zero-order chi connectivity index (χ0) is 17.6. The van der Waals surface area contributed by atoms with Crippen molar-refractivity contribution in [1.82, 2.24) is 10.1 Å². The van der Waals surface area contributed by atoms with Gasteiger partial charge in [0, 0.05) is 26.9 Å². The summed E-state index contributed by atoms with van der Waals surface area (Å²) in [5.41, 5.74) is 7.56. The monoisotopic (exact) mass is 375 g/mol. The highest BCUT2D eigenvalue weighted by molar-refractivity contribution is 6.36. The van der Waals surface area contributed by atoms with E-state index in [4.69, 9.17) is 38.2 Å². The molecule has 4 rings (SSSR count). The van der Waals surface area contributed by atoms with Crippen LogP contribution in [0, 0.1) is 0 Å². The van der Waals surface area contributed by atoms with Crippen LogP contribution in [0.25, 0.3) is 11.5 Å². The minimum Gasteiger partial charge on any atom is -0.497 e. The van der Waals surface area contributed by atoms with E-state index in [0.717, 1.165) is 29.7 Å². The van der Waals surface area contributed by atoms with E-state index < -0.39 is 5.41 Å². The lowest BCUT2D eigenvalue weighted by Crippen LogP contribution is -2.12. The number of halogens is 2. The van der Waals surface area contributed by atoms with Crippen molar-refractivity contribution in [3.05, 3.63) is 57.8 Å². The summed E-state index contributed by atoms with van der Waals surface area (Å²) in [4.78, 5) is 4.58. The Labute approximate surface area is 154 Å². The maximum atomic E-state index is 6.40. The molecule has 0 saturated heterocycles. The van der Waals surface area contributed by atoms with Crippen LogP contribution in [0.2, 0.25) is 10.0 Å². The fourth-order valence-corrected chi connectivity index (χ4v) is 3.89. The third-order valence-electron chi connectivity index (χ3n) is 4.48. The van der Waals surface area contributed by atoms with Gasteiger partial charge in [-0.15, -0.1) is 0 Å². The predicted molar refractivity (Wildman–Crippen MR) is 97.2 cm³/mol. The number of anilines is 1. The second-order valence-corrected chi connectivity index (χ2v) is 6.91. The van der Waals surface area contributed by atoms with Crippen molar-refractivity contribution in [3.8, 4) is 17.2 Å². The van der Waals surface area contributed by atoms with Gasteiger partial charge in [-0.2, -0.15) is 4.98 Å². The second-order valence-electron chi connectivity index (χ2n) is 6.09. The van der Waals surface area contributed by atoms with Crippen LogP contribution in [0.3, 0.4) is 0 Å². The molecule has 7 heteroatoms. The van der Waals surface area contributed by atoms with E-state index in [1.54, 1.807) is 19.2 Å². The number of nitrogens with zero attached hydrogens (tertiary/aromatic N) is 2. The Morgan fingerprint density at radius 1 is 1.12 bits per heavy atom. The van der Waals surface area contributed by atoms with Gasteiger partial charge >= 0.3 is 0 Å². The zero-order valence-electron chi connectivity index (χ0n) is 13.4. The van der Waals surface area contributed by atoms with Gasteiger partial charge in [0.25, 0.3) is 5.89 Å². The summed E-state index contributed by atoms with van der Waals surface area (Å²) in [6.07, 6.45) is 1.72. The molecule has 1 fully saturated rings. The molecule has 0 atom stereocenters. The van der Waals surface area contributed by atoms with Crippen molar-refractivity contribution < 1.29 is 9.26 Å². The summed E-state index contributed by atoms with van der Waals surface area (Å²) in [7, 11) is 1.62. The van der Waals surface area contributed by atoms with Crippen LogP contribution >= 0.6 is 23.2 Å². The molecule has 0 radical (unpaired) electrons. The SMILES string of the molecule is COc1ccc(-c2nc(C3(c4c(Cl)cc(N)cc4Cl)CC3)no2)cc1. The lowest BCUT2D eigenvalue weighted by molar-refractivity contribution is 0.413. The van der Waals surface area contributed by atoms with Gasteiger partial charge in [-0.05, 0) is 49.2 Å². The van der Waals surface area contributed by atoms with Crippen LogP contribution in [-0.2, 0) is 5.41 Å². The average molecular weight is 376 g/mol. The number of ether oxygens (including phenoxy) is 1. The van der Waals surface area contributed by atoms with Gasteiger partial charge in [0.1, 0.15) is 5.75 Å². The van der Waals surface area contributed by atoms with Crippen molar-refractivity contribution in [2.75, 3.05) is 12.8 Å². The minimum atomic E-state index is -0.407. The molecular formula is C18H15Cl2N3O2. The summed E-state index contributed by atoms with van der Waals surface area (Å²) in [6, 6.07) is 10.8. The number of methoxy groups -OCH3 is 1. The Balaban J connectivity index is 1.72. The van der Waals surface area contributed by atoms with Crippen molar-refractivity contribution in [2.24, 2.45) is 0 Å². The summed E-state index contributed by atoms with van der Waals surface area (Å²) in [5, 5.41) is 5.24. The molecule has 0 unspecified atom stereocenters. The van der Waals surface area contributed by atoms with Crippen molar-refractivity contribution in [2.45, 2.75) is 18.3 Å². The van der Waals surface area contributed by atoms with Crippen LogP contribution in [0.1, 0.15) is 24.2 Å². The molecule has 5 nitrogen and oxygen atoms in total. The van der Waals surface area contributed by atoms with Crippen molar-refractivity contribution >= 4 is 28.9 Å². The summed E-state index contributed by atoms with van der Waals surface area (Å²) >= 11 is 12.8. The first kappa shape index (κ1) is 16.2. The molecule has 1 aromatic heterocycles. The minimum absolute atomic E-state index is 0.407. The van der Waals surface area contributed by atoms with Crippen LogP contribution < -0.4 is 10.5 Å². The average Bonchev–Trinajstić information content (AvgIpc) is 3.21. The Kier molecular flexibility index (Phi) is 3.85. The first-order valence-corrected chi connectivity index (χ1v) is 8.53. The standard InChI is InChI=1S/C18H15Cl2N3O2/c1-24-12-4-2-10(3-5-12)16-22-17(23-25-16)18(6-7-18)15-13(19)8-11(21)9-14(15)20/h2-5,8-9H,6-7,21H2,1H3. The number of rotatable bonds is 4. The van der Waals surface area contributed by atoms with E-state index in [1.807, 2.05) is 24.3 Å². The molecule has 2 N–H and O–H groups in total. The smallest absolute Gasteiger partial charge is 0.257 e. The van der Waals surface area contributed by atoms with Crippen LogP contribution in [0.4, 0.5) is 5.69 Å². The highest BCUT2D eigenvalue weighted by Gasteiger charge is 2.52. The lowest BCUT2D eigenvalue weighted by Gasteiger charge is -2.15. The maximum Gasteiger partial charge on any atom is 0.257 e. The van der Waals surface area contributed by atoms with Gasteiger partial charge in [0.15, 0.2) is 5.82 Å². The quantitative estimate of drug-likeness (QED) is 0.668. The lowest BCUT2D eigenvalue weighted by atomic mass is 9.94. The van der Waals surface area contributed by atoms with Crippen molar-refractivity contribution in [1.29, 1.82) is 0 Å². The second kappa shape index (κ2) is 5.93. The number of benzene rings is 2. The number of hydrogen-bond donors (Lipinski definition) is 1. The molecule has 1 heterocycles. The fourth-order valence-electron chi connectivity index (χ4n) is 3.03. The van der Waals surface area contributed by atoms with E-state index >= 15 is 0 Å².